The second-order valence-corrected chi connectivity index (χ2v) is 6.07. The van der Waals surface area contributed by atoms with Crippen LogP contribution in [0, 0.1) is 5.41 Å². The van der Waals surface area contributed by atoms with Gasteiger partial charge in [0.2, 0.25) is 0 Å². The molecular formula is C10H15Br. The van der Waals surface area contributed by atoms with Crippen molar-refractivity contribution in [3.63, 3.8) is 0 Å². The van der Waals surface area contributed by atoms with Crippen LogP contribution in [0.4, 0.5) is 0 Å². The van der Waals surface area contributed by atoms with Crippen molar-refractivity contribution in [3.8, 4) is 0 Å². The van der Waals surface area contributed by atoms with Gasteiger partial charge >= 0.3 is 0 Å². The number of allylic oxidation sites excluding steroid dienone is 1. The molecule has 0 amide bonds. The molecule has 0 saturated heterocycles. The first-order chi connectivity index (χ1) is 5.06. The zero-order chi connectivity index (χ0) is 8.11. The Kier molecular flexibility index (Phi) is 1.52. The van der Waals surface area contributed by atoms with E-state index in [-0.39, 0.29) is 0 Å². The minimum Gasteiger partial charge on any atom is -0.0996 e. The van der Waals surface area contributed by atoms with Crippen molar-refractivity contribution in [3.05, 3.63) is 12.2 Å². The zero-order valence-electron chi connectivity index (χ0n) is 7.12. The Labute approximate surface area is 77.2 Å². The lowest BCUT2D eigenvalue weighted by atomic mass is 9.79. The quantitative estimate of drug-likeness (QED) is 0.462. The molecule has 11 heavy (non-hydrogen) atoms. The molecule has 62 valence electrons. The van der Waals surface area contributed by atoms with Gasteiger partial charge in [-0.15, -0.1) is 0 Å². The van der Waals surface area contributed by atoms with Crippen LogP contribution in [-0.2, 0) is 0 Å². The van der Waals surface area contributed by atoms with Gasteiger partial charge in [0.1, 0.15) is 0 Å². The molecule has 0 N–H and O–H groups in total. The summed E-state index contributed by atoms with van der Waals surface area (Å²) < 4.78 is 0.506. The van der Waals surface area contributed by atoms with Gasteiger partial charge in [0.15, 0.2) is 0 Å². The van der Waals surface area contributed by atoms with E-state index in [2.05, 4.69) is 29.4 Å². The molecule has 2 aliphatic carbocycles. The fraction of sp³-hybridized carbons (Fsp3) is 0.800. The molecule has 2 fully saturated rings. The standard InChI is InChI=1S/C10H15Br/c1-8(2)9-3-5-10(11,7-9)6-4-9/h1,3-7H2,2H3. The molecule has 2 rings (SSSR count). The monoisotopic (exact) mass is 214 g/mol. The zero-order valence-corrected chi connectivity index (χ0v) is 8.71. The summed E-state index contributed by atoms with van der Waals surface area (Å²) in [5.74, 6) is 0. The van der Waals surface area contributed by atoms with Gasteiger partial charge in [-0.2, -0.15) is 0 Å². The summed E-state index contributed by atoms with van der Waals surface area (Å²) >= 11 is 3.85. The van der Waals surface area contributed by atoms with Crippen LogP contribution in [-0.4, -0.2) is 4.32 Å². The molecule has 0 aliphatic heterocycles. The third-order valence-electron chi connectivity index (χ3n) is 3.66. The third kappa shape index (κ3) is 1.00. The highest BCUT2D eigenvalue weighted by molar-refractivity contribution is 9.10. The Morgan fingerprint density at radius 3 is 2.00 bits per heavy atom. The summed E-state index contributed by atoms with van der Waals surface area (Å²) in [5.41, 5.74) is 1.94. The molecular weight excluding hydrogens is 200 g/mol. The van der Waals surface area contributed by atoms with Crippen molar-refractivity contribution >= 4 is 15.9 Å². The molecule has 0 radical (unpaired) electrons. The highest BCUT2D eigenvalue weighted by Gasteiger charge is 2.52. The van der Waals surface area contributed by atoms with Crippen molar-refractivity contribution in [2.24, 2.45) is 5.41 Å². The molecule has 2 saturated carbocycles. The fourth-order valence-corrected chi connectivity index (χ4v) is 3.65. The molecule has 0 spiro atoms. The van der Waals surface area contributed by atoms with E-state index in [1.54, 1.807) is 0 Å². The van der Waals surface area contributed by atoms with Gasteiger partial charge in [0, 0.05) is 4.32 Å². The summed E-state index contributed by atoms with van der Waals surface area (Å²) in [7, 11) is 0. The highest BCUT2D eigenvalue weighted by Crippen LogP contribution is 2.62. The number of hydrogen-bond acceptors (Lipinski definition) is 0. The second-order valence-electron chi connectivity index (χ2n) is 4.39. The van der Waals surface area contributed by atoms with Crippen molar-refractivity contribution in [1.29, 1.82) is 0 Å². The minimum atomic E-state index is 0.506. The molecule has 2 aliphatic rings. The number of halogens is 1. The third-order valence-corrected chi connectivity index (χ3v) is 4.74. The average molecular weight is 215 g/mol. The first-order valence-electron chi connectivity index (χ1n) is 4.41. The molecule has 0 unspecified atom stereocenters. The van der Waals surface area contributed by atoms with Gasteiger partial charge in [0.25, 0.3) is 0 Å². The Morgan fingerprint density at radius 2 is 1.82 bits per heavy atom. The number of fused-ring (bicyclic) bond motifs is 2. The summed E-state index contributed by atoms with van der Waals surface area (Å²) in [6.45, 7) is 6.32. The maximum atomic E-state index is 4.12. The van der Waals surface area contributed by atoms with E-state index in [1.807, 2.05) is 0 Å². The van der Waals surface area contributed by atoms with Crippen LogP contribution < -0.4 is 0 Å². The number of hydrogen-bond donors (Lipinski definition) is 0. The van der Waals surface area contributed by atoms with E-state index >= 15 is 0 Å². The topological polar surface area (TPSA) is 0 Å². The first-order valence-corrected chi connectivity index (χ1v) is 5.21. The first kappa shape index (κ1) is 7.85. The van der Waals surface area contributed by atoms with Gasteiger partial charge in [-0.25, -0.2) is 0 Å². The predicted molar refractivity (Wildman–Crippen MR) is 52.0 cm³/mol. The van der Waals surface area contributed by atoms with Crippen molar-refractivity contribution in [1.82, 2.24) is 0 Å². The minimum absolute atomic E-state index is 0.506. The lowest BCUT2D eigenvalue weighted by Gasteiger charge is -2.26. The van der Waals surface area contributed by atoms with E-state index in [1.165, 1.54) is 37.7 Å². The Balaban J connectivity index is 2.27. The van der Waals surface area contributed by atoms with Crippen LogP contribution in [0.25, 0.3) is 0 Å². The molecule has 0 atom stereocenters. The Bertz CT molecular complexity index is 197. The van der Waals surface area contributed by atoms with Crippen LogP contribution in [0.2, 0.25) is 0 Å². The normalized spacial score (nSPS) is 48.2. The van der Waals surface area contributed by atoms with E-state index in [4.69, 9.17) is 0 Å². The van der Waals surface area contributed by atoms with Crippen molar-refractivity contribution in [2.45, 2.75) is 43.4 Å². The van der Waals surface area contributed by atoms with Crippen LogP contribution >= 0.6 is 15.9 Å². The maximum absolute atomic E-state index is 4.12. The summed E-state index contributed by atoms with van der Waals surface area (Å²) in [6.07, 6.45) is 6.80. The van der Waals surface area contributed by atoms with Crippen LogP contribution in [0.15, 0.2) is 12.2 Å². The van der Waals surface area contributed by atoms with E-state index < -0.39 is 0 Å². The molecule has 0 aromatic carbocycles. The van der Waals surface area contributed by atoms with Gasteiger partial charge < -0.3 is 0 Å². The predicted octanol–water partition coefficient (Wildman–Crippen LogP) is 3.66. The fourth-order valence-electron chi connectivity index (χ4n) is 2.71. The van der Waals surface area contributed by atoms with Crippen LogP contribution in [0.3, 0.4) is 0 Å². The van der Waals surface area contributed by atoms with Gasteiger partial charge in [0.05, 0.1) is 0 Å². The second kappa shape index (κ2) is 2.12. The summed E-state index contributed by atoms with van der Waals surface area (Å²) in [5, 5.41) is 0. The maximum Gasteiger partial charge on any atom is 0.0267 e. The number of alkyl halides is 1. The SMILES string of the molecule is C=C(C)C12CCC(Br)(CC1)C2. The Hall–Kier alpha value is 0.220. The lowest BCUT2D eigenvalue weighted by molar-refractivity contribution is 0.363. The highest BCUT2D eigenvalue weighted by atomic mass is 79.9. The van der Waals surface area contributed by atoms with Gasteiger partial charge in [-0.3, -0.25) is 0 Å². The molecule has 0 aromatic heterocycles. The average Bonchev–Trinajstić information content (AvgIpc) is 2.42. The van der Waals surface area contributed by atoms with E-state index in [0.717, 1.165) is 0 Å². The number of rotatable bonds is 1. The summed E-state index contributed by atoms with van der Waals surface area (Å²) in [4.78, 5) is 0. The molecule has 0 heterocycles. The van der Waals surface area contributed by atoms with E-state index in [9.17, 15) is 0 Å². The molecule has 2 bridgehead atoms. The largest absolute Gasteiger partial charge is 0.0996 e. The van der Waals surface area contributed by atoms with Crippen molar-refractivity contribution in [2.75, 3.05) is 0 Å². The van der Waals surface area contributed by atoms with Gasteiger partial charge in [-0.1, -0.05) is 28.1 Å². The van der Waals surface area contributed by atoms with E-state index in [0.29, 0.717) is 9.74 Å². The molecule has 0 nitrogen and oxygen atoms in total. The van der Waals surface area contributed by atoms with Crippen LogP contribution in [0.1, 0.15) is 39.0 Å². The molecule has 0 aromatic rings. The summed E-state index contributed by atoms with van der Waals surface area (Å²) in [6, 6.07) is 0. The molecule has 1 heteroatoms. The Morgan fingerprint density at radius 1 is 1.27 bits per heavy atom. The smallest absolute Gasteiger partial charge is 0.0267 e. The van der Waals surface area contributed by atoms with Crippen molar-refractivity contribution < 1.29 is 0 Å². The van der Waals surface area contributed by atoms with Gasteiger partial charge in [-0.05, 0) is 44.4 Å². The van der Waals surface area contributed by atoms with Crippen LogP contribution in [0.5, 0.6) is 0 Å². The lowest BCUT2D eigenvalue weighted by Crippen LogP contribution is -2.14.